The van der Waals surface area contributed by atoms with Gasteiger partial charge in [-0.05, 0) is 48.7 Å². The molecule has 0 aliphatic carbocycles. The van der Waals surface area contributed by atoms with Crippen LogP contribution in [0.5, 0.6) is 0 Å². The van der Waals surface area contributed by atoms with Crippen LogP contribution < -0.4 is 9.80 Å². The van der Waals surface area contributed by atoms with Gasteiger partial charge >= 0.3 is 6.18 Å². The van der Waals surface area contributed by atoms with Crippen LogP contribution in [0.3, 0.4) is 0 Å². The molecule has 3 aromatic rings. The van der Waals surface area contributed by atoms with Crippen LogP contribution in [0.2, 0.25) is 0 Å². The molecule has 1 atom stereocenters. The van der Waals surface area contributed by atoms with Crippen molar-refractivity contribution >= 4 is 17.0 Å². The monoisotopic (exact) mass is 500 g/mol. The lowest BCUT2D eigenvalue weighted by atomic mass is 9.86. The number of anilines is 2. The quantitative estimate of drug-likeness (QED) is 0.532. The van der Waals surface area contributed by atoms with Crippen molar-refractivity contribution in [1.82, 2.24) is 19.5 Å². The Bertz CT molecular complexity index is 1210. The zero-order chi connectivity index (χ0) is 24.8. The highest BCUT2D eigenvalue weighted by Gasteiger charge is 2.44. The second-order valence-corrected chi connectivity index (χ2v) is 10.5. The van der Waals surface area contributed by atoms with E-state index in [4.69, 9.17) is 4.74 Å². The second kappa shape index (κ2) is 9.23. The molecule has 2 aromatic heterocycles. The summed E-state index contributed by atoms with van der Waals surface area (Å²) in [4.78, 5) is 11.6. The van der Waals surface area contributed by atoms with Crippen LogP contribution in [0.15, 0.2) is 42.9 Å². The number of benzene rings is 1. The van der Waals surface area contributed by atoms with Gasteiger partial charge in [0, 0.05) is 56.6 Å². The molecule has 0 radical (unpaired) electrons. The van der Waals surface area contributed by atoms with E-state index in [1.54, 1.807) is 6.07 Å². The smallest absolute Gasteiger partial charge is 0.378 e. The molecule has 3 saturated heterocycles. The van der Waals surface area contributed by atoms with Crippen molar-refractivity contribution < 1.29 is 17.9 Å². The Hall–Kier alpha value is -2.85. The van der Waals surface area contributed by atoms with Crippen molar-refractivity contribution in [2.75, 3.05) is 62.3 Å². The van der Waals surface area contributed by atoms with Crippen molar-refractivity contribution in [3.8, 4) is 0 Å². The maximum atomic E-state index is 12.9. The first kappa shape index (κ1) is 23.5. The molecule has 0 bridgehead atoms. The van der Waals surface area contributed by atoms with E-state index in [9.17, 15) is 13.2 Å². The van der Waals surface area contributed by atoms with Gasteiger partial charge in [-0.1, -0.05) is 12.1 Å². The van der Waals surface area contributed by atoms with Gasteiger partial charge in [0.15, 0.2) is 5.82 Å². The molecule has 5 heterocycles. The van der Waals surface area contributed by atoms with Crippen molar-refractivity contribution in [3.05, 3.63) is 54.0 Å². The van der Waals surface area contributed by atoms with Crippen molar-refractivity contribution in [3.63, 3.8) is 0 Å². The molecular formula is C26H31F3N6O. The summed E-state index contributed by atoms with van der Waals surface area (Å²) in [5.41, 5.74) is 3.62. The van der Waals surface area contributed by atoms with Crippen LogP contribution in [-0.4, -0.2) is 78.2 Å². The first-order valence-electron chi connectivity index (χ1n) is 12.6. The van der Waals surface area contributed by atoms with Crippen LogP contribution in [0.1, 0.15) is 24.0 Å². The topological polar surface area (TPSA) is 49.1 Å². The van der Waals surface area contributed by atoms with Gasteiger partial charge in [0.1, 0.15) is 11.8 Å². The minimum atomic E-state index is -4.24. The van der Waals surface area contributed by atoms with Crippen LogP contribution in [-0.2, 0) is 17.7 Å². The molecule has 36 heavy (non-hydrogen) atoms. The van der Waals surface area contributed by atoms with Gasteiger partial charge < -0.3 is 14.5 Å². The number of ether oxygens (including phenoxy) is 1. The lowest BCUT2D eigenvalue weighted by Crippen LogP contribution is -2.36. The zero-order valence-electron chi connectivity index (χ0n) is 20.3. The summed E-state index contributed by atoms with van der Waals surface area (Å²) in [7, 11) is 0. The fraction of sp³-hybridized carbons (Fsp3) is 0.538. The van der Waals surface area contributed by atoms with E-state index in [0.717, 1.165) is 77.7 Å². The maximum absolute atomic E-state index is 12.9. The lowest BCUT2D eigenvalue weighted by molar-refractivity contribution is -0.127. The van der Waals surface area contributed by atoms with Crippen LogP contribution in [0.4, 0.5) is 24.7 Å². The predicted octanol–water partition coefficient (Wildman–Crippen LogP) is 3.77. The summed E-state index contributed by atoms with van der Waals surface area (Å²) in [6.07, 6.45) is -0.120. The molecule has 3 aliphatic rings. The Kier molecular flexibility index (Phi) is 6.03. The molecule has 3 fully saturated rings. The highest BCUT2D eigenvalue weighted by molar-refractivity contribution is 5.70. The Morgan fingerprint density at radius 1 is 0.917 bits per heavy atom. The van der Waals surface area contributed by atoms with E-state index in [0.29, 0.717) is 5.52 Å². The number of fused-ring (bicyclic) bond motifs is 1. The van der Waals surface area contributed by atoms with Crippen LogP contribution in [0, 0.1) is 5.41 Å². The highest BCUT2D eigenvalue weighted by Crippen LogP contribution is 2.42. The highest BCUT2D eigenvalue weighted by atomic mass is 19.4. The molecule has 1 aromatic carbocycles. The maximum Gasteiger partial charge on any atom is 0.393 e. The third-order valence-corrected chi connectivity index (χ3v) is 7.82. The SMILES string of the molecule is FC(F)(F)Cc1cc2c(N3CCC4(CCN(Cc5ccc(N6CCOCC6)cc5)C4)C3)ncnn2c1. The van der Waals surface area contributed by atoms with Gasteiger partial charge in [-0.25, -0.2) is 9.50 Å². The van der Waals surface area contributed by atoms with E-state index in [1.807, 2.05) is 0 Å². The summed E-state index contributed by atoms with van der Waals surface area (Å²) in [5.74, 6) is 0.729. The molecule has 7 nitrogen and oxygen atoms in total. The number of hydrogen-bond donors (Lipinski definition) is 0. The summed E-state index contributed by atoms with van der Waals surface area (Å²) < 4.78 is 45.7. The van der Waals surface area contributed by atoms with Crippen LogP contribution >= 0.6 is 0 Å². The number of halogens is 3. The molecular weight excluding hydrogens is 469 g/mol. The fourth-order valence-corrected chi connectivity index (χ4v) is 6.05. The Balaban J connectivity index is 1.10. The lowest BCUT2D eigenvalue weighted by Gasteiger charge is -2.29. The van der Waals surface area contributed by atoms with Gasteiger partial charge in [-0.3, -0.25) is 4.90 Å². The number of hydrogen-bond acceptors (Lipinski definition) is 6. The molecule has 192 valence electrons. The Morgan fingerprint density at radius 3 is 2.47 bits per heavy atom. The number of nitrogens with zero attached hydrogens (tertiary/aromatic N) is 6. The normalized spacial score (nSPS) is 23.4. The molecule has 3 aliphatic heterocycles. The summed E-state index contributed by atoms with van der Waals surface area (Å²) in [6.45, 7) is 8.19. The minimum Gasteiger partial charge on any atom is -0.378 e. The third kappa shape index (κ3) is 4.88. The average Bonchev–Trinajstić information content (AvgIpc) is 3.57. The standard InChI is InChI=1S/C26H31F3N6O/c27-26(28,29)14-21-13-23-24(30-19-31-35(23)16-21)34-8-6-25(18-34)5-7-32(17-25)15-20-1-3-22(4-2-20)33-9-11-36-12-10-33/h1-4,13,16,19H,5-12,14-15,17-18H2. The number of alkyl halides is 3. The van der Waals surface area contributed by atoms with E-state index < -0.39 is 12.6 Å². The molecule has 1 spiro atoms. The molecule has 0 amide bonds. The summed E-state index contributed by atoms with van der Waals surface area (Å²) in [5, 5.41) is 4.14. The van der Waals surface area contributed by atoms with Gasteiger partial charge in [0.05, 0.1) is 19.6 Å². The Labute approximate surface area is 208 Å². The molecule has 0 N–H and O–H groups in total. The Morgan fingerprint density at radius 2 is 1.69 bits per heavy atom. The third-order valence-electron chi connectivity index (χ3n) is 7.82. The molecule has 10 heteroatoms. The van der Waals surface area contributed by atoms with Gasteiger partial charge in [-0.2, -0.15) is 18.3 Å². The van der Waals surface area contributed by atoms with Crippen molar-refractivity contribution in [1.29, 1.82) is 0 Å². The average molecular weight is 501 g/mol. The molecule has 1 unspecified atom stereocenters. The molecule has 6 rings (SSSR count). The number of aromatic nitrogens is 3. The molecule has 0 saturated carbocycles. The van der Waals surface area contributed by atoms with Crippen LogP contribution in [0.25, 0.3) is 5.52 Å². The second-order valence-electron chi connectivity index (χ2n) is 10.5. The van der Waals surface area contributed by atoms with Gasteiger partial charge in [0.2, 0.25) is 0 Å². The van der Waals surface area contributed by atoms with Crippen molar-refractivity contribution in [2.24, 2.45) is 5.41 Å². The van der Waals surface area contributed by atoms with Gasteiger partial charge in [0.25, 0.3) is 0 Å². The van der Waals surface area contributed by atoms with Gasteiger partial charge in [-0.15, -0.1) is 0 Å². The summed E-state index contributed by atoms with van der Waals surface area (Å²) in [6, 6.07) is 10.5. The number of likely N-dealkylation sites (tertiary alicyclic amines) is 1. The van der Waals surface area contributed by atoms with E-state index in [1.165, 1.54) is 28.3 Å². The zero-order valence-corrected chi connectivity index (χ0v) is 20.3. The van der Waals surface area contributed by atoms with E-state index in [-0.39, 0.29) is 11.0 Å². The summed E-state index contributed by atoms with van der Waals surface area (Å²) >= 11 is 0. The van der Waals surface area contributed by atoms with E-state index in [2.05, 4.69) is 49.0 Å². The predicted molar refractivity (Wildman–Crippen MR) is 131 cm³/mol. The first-order valence-corrected chi connectivity index (χ1v) is 12.6. The number of rotatable bonds is 5. The first-order chi connectivity index (χ1) is 17.4. The van der Waals surface area contributed by atoms with E-state index >= 15 is 0 Å². The minimum absolute atomic E-state index is 0.192. The number of morpholine rings is 1. The van der Waals surface area contributed by atoms with Crippen molar-refractivity contribution in [2.45, 2.75) is 32.0 Å². The fourth-order valence-electron chi connectivity index (χ4n) is 6.05. The largest absolute Gasteiger partial charge is 0.393 e.